The van der Waals surface area contributed by atoms with E-state index in [0.29, 0.717) is 19.6 Å². The first-order valence-electron chi connectivity index (χ1n) is 8.68. The number of hydrogen-bond donors (Lipinski definition) is 1. The summed E-state index contributed by atoms with van der Waals surface area (Å²) >= 11 is 0. The van der Waals surface area contributed by atoms with Gasteiger partial charge in [0.25, 0.3) is 10.2 Å². The van der Waals surface area contributed by atoms with E-state index in [0.717, 1.165) is 45.6 Å². The van der Waals surface area contributed by atoms with Crippen LogP contribution in [0.5, 0.6) is 0 Å². The lowest BCUT2D eigenvalue weighted by Crippen LogP contribution is -2.52. The summed E-state index contributed by atoms with van der Waals surface area (Å²) in [7, 11) is -1.23. The first-order chi connectivity index (χ1) is 10.9. The summed E-state index contributed by atoms with van der Waals surface area (Å²) in [6.45, 7) is 10.7. The van der Waals surface area contributed by atoms with E-state index in [1.165, 1.54) is 4.31 Å². The molecule has 0 aromatic carbocycles. The van der Waals surface area contributed by atoms with Gasteiger partial charge >= 0.3 is 0 Å². The molecule has 0 radical (unpaired) electrons. The molecule has 8 heteroatoms. The molecule has 0 aromatic heterocycles. The highest BCUT2D eigenvalue weighted by molar-refractivity contribution is 7.87. The van der Waals surface area contributed by atoms with Crippen molar-refractivity contribution in [1.29, 1.82) is 0 Å². The Morgan fingerprint density at radius 1 is 1.04 bits per heavy atom. The van der Waals surface area contributed by atoms with Gasteiger partial charge in [0.2, 0.25) is 0 Å². The Balaban J connectivity index is 1.63. The molecule has 0 spiro atoms. The maximum absolute atomic E-state index is 12.3. The summed E-state index contributed by atoms with van der Waals surface area (Å²) in [5.74, 6) is 0. The van der Waals surface area contributed by atoms with Crippen LogP contribution in [0.2, 0.25) is 0 Å². The Morgan fingerprint density at radius 3 is 2.26 bits per heavy atom. The third kappa shape index (κ3) is 6.28. The highest BCUT2D eigenvalue weighted by Crippen LogP contribution is 2.13. The minimum absolute atomic E-state index is 0.0486. The molecule has 2 unspecified atom stereocenters. The van der Waals surface area contributed by atoms with Crippen LogP contribution < -0.4 is 4.72 Å². The lowest BCUT2D eigenvalue weighted by molar-refractivity contribution is -0.0443. The highest BCUT2D eigenvalue weighted by atomic mass is 32.2. The Labute approximate surface area is 141 Å². The number of ether oxygens (including phenoxy) is 1. The Hall–Kier alpha value is -0.250. The van der Waals surface area contributed by atoms with Crippen molar-refractivity contribution in [2.24, 2.45) is 0 Å². The minimum Gasteiger partial charge on any atom is -0.373 e. The van der Waals surface area contributed by atoms with E-state index in [1.807, 2.05) is 13.8 Å². The zero-order valence-corrected chi connectivity index (χ0v) is 15.5. The van der Waals surface area contributed by atoms with Crippen molar-refractivity contribution in [3.63, 3.8) is 0 Å². The molecule has 0 aliphatic carbocycles. The minimum atomic E-state index is -3.38. The van der Waals surface area contributed by atoms with Gasteiger partial charge < -0.3 is 14.5 Å². The van der Waals surface area contributed by atoms with Crippen molar-refractivity contribution < 1.29 is 13.2 Å². The average molecular weight is 349 g/mol. The standard InChI is InChI=1S/C15H32N4O3S/c1-14-12-19(13-15(2)22-14)23(20,21)16-6-4-5-7-18-10-8-17(3)9-11-18/h14-16H,4-13H2,1-3H3. The maximum atomic E-state index is 12.3. The van der Waals surface area contributed by atoms with Crippen LogP contribution >= 0.6 is 0 Å². The molecule has 7 nitrogen and oxygen atoms in total. The molecule has 2 heterocycles. The number of likely N-dealkylation sites (N-methyl/N-ethyl adjacent to an activating group) is 1. The van der Waals surface area contributed by atoms with Gasteiger partial charge in [0, 0.05) is 45.8 Å². The molecule has 2 aliphatic heterocycles. The average Bonchev–Trinajstić information content (AvgIpc) is 2.48. The lowest BCUT2D eigenvalue weighted by Gasteiger charge is -2.34. The van der Waals surface area contributed by atoms with Crippen LogP contribution in [0.3, 0.4) is 0 Å². The van der Waals surface area contributed by atoms with E-state index in [1.54, 1.807) is 0 Å². The molecule has 0 bridgehead atoms. The van der Waals surface area contributed by atoms with E-state index < -0.39 is 10.2 Å². The Kier molecular flexibility index (Phi) is 7.24. The zero-order valence-electron chi connectivity index (χ0n) is 14.7. The Bertz CT molecular complexity index is 442. The second-order valence-electron chi connectivity index (χ2n) is 6.83. The molecule has 2 rings (SSSR count). The fourth-order valence-electron chi connectivity index (χ4n) is 3.15. The molecular weight excluding hydrogens is 316 g/mol. The SMILES string of the molecule is CC1CN(S(=O)(=O)NCCCCN2CCN(C)CC2)CC(C)O1. The van der Waals surface area contributed by atoms with Crippen LogP contribution in [0.1, 0.15) is 26.7 Å². The smallest absolute Gasteiger partial charge is 0.279 e. The van der Waals surface area contributed by atoms with Crippen LogP contribution in [0.15, 0.2) is 0 Å². The van der Waals surface area contributed by atoms with Crippen molar-refractivity contribution in [3.05, 3.63) is 0 Å². The number of rotatable bonds is 7. The number of nitrogens with one attached hydrogen (secondary N) is 1. The third-order valence-corrected chi connectivity index (χ3v) is 6.05. The van der Waals surface area contributed by atoms with Crippen LogP contribution in [0, 0.1) is 0 Å². The van der Waals surface area contributed by atoms with E-state index >= 15 is 0 Å². The molecule has 0 saturated carbocycles. The molecule has 2 fully saturated rings. The molecule has 1 N–H and O–H groups in total. The van der Waals surface area contributed by atoms with Gasteiger partial charge in [-0.25, -0.2) is 4.72 Å². The maximum Gasteiger partial charge on any atom is 0.279 e. The molecule has 136 valence electrons. The van der Waals surface area contributed by atoms with Crippen molar-refractivity contribution in [1.82, 2.24) is 18.8 Å². The lowest BCUT2D eigenvalue weighted by atomic mass is 10.2. The van der Waals surface area contributed by atoms with E-state index in [2.05, 4.69) is 21.6 Å². The summed E-state index contributed by atoms with van der Waals surface area (Å²) in [4.78, 5) is 4.80. The van der Waals surface area contributed by atoms with E-state index in [-0.39, 0.29) is 12.2 Å². The first-order valence-corrected chi connectivity index (χ1v) is 10.1. The van der Waals surface area contributed by atoms with Gasteiger partial charge in [0.05, 0.1) is 12.2 Å². The van der Waals surface area contributed by atoms with Gasteiger partial charge in [-0.15, -0.1) is 0 Å². The summed E-state index contributed by atoms with van der Waals surface area (Å²) in [5.41, 5.74) is 0. The van der Waals surface area contributed by atoms with Crippen molar-refractivity contribution in [2.45, 2.75) is 38.9 Å². The van der Waals surface area contributed by atoms with Gasteiger partial charge in [-0.1, -0.05) is 0 Å². The summed E-state index contributed by atoms with van der Waals surface area (Å²) in [6.07, 6.45) is 1.81. The topological polar surface area (TPSA) is 65.1 Å². The van der Waals surface area contributed by atoms with E-state index in [4.69, 9.17) is 4.74 Å². The molecule has 0 amide bonds. The van der Waals surface area contributed by atoms with Crippen LogP contribution in [-0.2, 0) is 14.9 Å². The number of unbranched alkanes of at least 4 members (excludes halogenated alkanes) is 1. The monoisotopic (exact) mass is 348 g/mol. The quantitative estimate of drug-likeness (QED) is 0.654. The fourth-order valence-corrected chi connectivity index (χ4v) is 4.55. The molecule has 0 aromatic rings. The second kappa shape index (κ2) is 8.73. The third-order valence-electron chi connectivity index (χ3n) is 4.51. The molecular formula is C15H32N4O3S. The molecule has 2 atom stereocenters. The zero-order chi connectivity index (χ0) is 16.9. The van der Waals surface area contributed by atoms with Crippen LogP contribution in [0.25, 0.3) is 0 Å². The predicted octanol–water partition coefficient (Wildman–Crippen LogP) is -0.0424. The Morgan fingerprint density at radius 2 is 1.65 bits per heavy atom. The van der Waals surface area contributed by atoms with Gasteiger partial charge in [-0.05, 0) is 40.3 Å². The highest BCUT2D eigenvalue weighted by Gasteiger charge is 2.30. The fraction of sp³-hybridized carbons (Fsp3) is 1.00. The summed E-state index contributed by atoms with van der Waals surface area (Å²) in [5, 5.41) is 0. The normalized spacial score (nSPS) is 29.0. The summed E-state index contributed by atoms with van der Waals surface area (Å²) < 4.78 is 34.5. The number of morpholine rings is 1. The summed E-state index contributed by atoms with van der Waals surface area (Å²) in [6, 6.07) is 0. The molecule has 2 aliphatic rings. The van der Waals surface area contributed by atoms with Gasteiger partial charge in [0.1, 0.15) is 0 Å². The van der Waals surface area contributed by atoms with Gasteiger partial charge in [0.15, 0.2) is 0 Å². The molecule has 2 saturated heterocycles. The molecule has 23 heavy (non-hydrogen) atoms. The van der Waals surface area contributed by atoms with Gasteiger partial charge in [-0.3, -0.25) is 0 Å². The number of hydrogen-bond acceptors (Lipinski definition) is 5. The van der Waals surface area contributed by atoms with Crippen LogP contribution in [-0.4, -0.2) is 94.1 Å². The van der Waals surface area contributed by atoms with Crippen molar-refractivity contribution in [3.8, 4) is 0 Å². The van der Waals surface area contributed by atoms with Crippen molar-refractivity contribution >= 4 is 10.2 Å². The number of piperazine rings is 1. The number of nitrogens with zero attached hydrogens (tertiary/aromatic N) is 3. The first kappa shape index (κ1) is 19.1. The van der Waals surface area contributed by atoms with E-state index in [9.17, 15) is 8.42 Å². The van der Waals surface area contributed by atoms with Gasteiger partial charge in [-0.2, -0.15) is 12.7 Å². The largest absolute Gasteiger partial charge is 0.373 e. The van der Waals surface area contributed by atoms with Crippen LogP contribution in [0.4, 0.5) is 0 Å². The van der Waals surface area contributed by atoms with Crippen molar-refractivity contribution in [2.75, 3.05) is 59.4 Å². The predicted molar refractivity (Wildman–Crippen MR) is 91.7 cm³/mol. The second-order valence-corrected chi connectivity index (χ2v) is 8.58.